The predicted molar refractivity (Wildman–Crippen MR) is 110 cm³/mol. The maximum atomic E-state index is 12.5. The molecule has 0 aliphatic carbocycles. The number of likely N-dealkylation sites (tertiary alicyclic amines) is 1. The number of nitro benzene ring substituents is 1. The van der Waals surface area contributed by atoms with Gasteiger partial charge in [-0.3, -0.25) is 14.9 Å². The molecule has 160 valence electrons. The molecule has 1 fully saturated rings. The van der Waals surface area contributed by atoms with Crippen molar-refractivity contribution in [2.75, 3.05) is 19.7 Å². The van der Waals surface area contributed by atoms with Gasteiger partial charge in [0.05, 0.1) is 22.8 Å². The maximum absolute atomic E-state index is 12.5. The van der Waals surface area contributed by atoms with Crippen molar-refractivity contribution in [2.24, 2.45) is 0 Å². The summed E-state index contributed by atoms with van der Waals surface area (Å²) in [7, 11) is -3.78. The number of benzene rings is 2. The van der Waals surface area contributed by atoms with Gasteiger partial charge in [0, 0.05) is 31.3 Å². The summed E-state index contributed by atoms with van der Waals surface area (Å²) in [4.78, 5) is 24.2. The Morgan fingerprint density at radius 2 is 1.73 bits per heavy atom. The van der Waals surface area contributed by atoms with Crippen LogP contribution in [0.3, 0.4) is 0 Å². The van der Waals surface area contributed by atoms with Crippen molar-refractivity contribution < 1.29 is 22.9 Å². The van der Waals surface area contributed by atoms with E-state index in [9.17, 15) is 23.3 Å². The highest BCUT2D eigenvalue weighted by Crippen LogP contribution is 2.19. The quantitative estimate of drug-likeness (QED) is 0.504. The summed E-state index contributed by atoms with van der Waals surface area (Å²) in [6.07, 6.45) is 1.25. The molecule has 0 radical (unpaired) electrons. The number of carbonyl (C=O) groups excluding carboxylic acids is 1. The summed E-state index contributed by atoms with van der Waals surface area (Å²) in [6, 6.07) is 13.7. The van der Waals surface area contributed by atoms with Crippen LogP contribution in [0.2, 0.25) is 0 Å². The normalized spacial score (nSPS) is 15.0. The topological polar surface area (TPSA) is 119 Å². The third-order valence-electron chi connectivity index (χ3n) is 4.86. The molecule has 2 aromatic carbocycles. The highest BCUT2D eigenvalue weighted by molar-refractivity contribution is 7.89. The van der Waals surface area contributed by atoms with Gasteiger partial charge in [-0.05, 0) is 37.1 Å². The number of amides is 1. The fourth-order valence-corrected chi connectivity index (χ4v) is 4.52. The Hall–Kier alpha value is -2.98. The average molecular weight is 433 g/mol. The lowest BCUT2D eigenvalue weighted by atomic mass is 10.1. The molecule has 1 saturated heterocycles. The summed E-state index contributed by atoms with van der Waals surface area (Å²) in [5.41, 5.74) is -0.169. The summed E-state index contributed by atoms with van der Waals surface area (Å²) >= 11 is 0. The van der Waals surface area contributed by atoms with Crippen LogP contribution < -0.4 is 9.46 Å². The van der Waals surface area contributed by atoms with Crippen LogP contribution in [0.4, 0.5) is 5.69 Å². The molecule has 0 aromatic heterocycles. The van der Waals surface area contributed by atoms with Crippen molar-refractivity contribution in [2.45, 2.75) is 30.2 Å². The molecule has 0 spiro atoms. The number of nitro groups is 1. The van der Waals surface area contributed by atoms with Gasteiger partial charge < -0.3 is 9.64 Å². The molecule has 30 heavy (non-hydrogen) atoms. The molecule has 1 aliphatic rings. The van der Waals surface area contributed by atoms with Crippen LogP contribution in [-0.2, 0) is 14.8 Å². The van der Waals surface area contributed by atoms with Gasteiger partial charge in [-0.25, -0.2) is 13.1 Å². The highest BCUT2D eigenvalue weighted by atomic mass is 32.2. The third-order valence-corrected chi connectivity index (χ3v) is 6.39. The van der Waals surface area contributed by atoms with Crippen LogP contribution in [0.15, 0.2) is 59.5 Å². The Labute approximate surface area is 174 Å². The summed E-state index contributed by atoms with van der Waals surface area (Å²) in [5.74, 6) is 0.687. The number of ether oxygens (including phenoxy) is 1. The van der Waals surface area contributed by atoms with Crippen molar-refractivity contribution in [3.8, 4) is 5.75 Å². The number of hydrogen-bond acceptors (Lipinski definition) is 6. The van der Waals surface area contributed by atoms with Crippen LogP contribution in [0.5, 0.6) is 5.75 Å². The van der Waals surface area contributed by atoms with Gasteiger partial charge >= 0.3 is 0 Å². The second-order valence-electron chi connectivity index (χ2n) is 6.94. The van der Waals surface area contributed by atoms with E-state index in [1.165, 1.54) is 12.1 Å². The first-order valence-electron chi connectivity index (χ1n) is 9.57. The fraction of sp³-hybridized carbons (Fsp3) is 0.350. The second kappa shape index (κ2) is 9.68. The Morgan fingerprint density at radius 3 is 2.33 bits per heavy atom. The molecule has 1 heterocycles. The number of piperidine rings is 1. The van der Waals surface area contributed by atoms with Gasteiger partial charge in [-0.2, -0.15) is 0 Å². The predicted octanol–water partition coefficient (Wildman–Crippen LogP) is 2.33. The molecule has 0 bridgehead atoms. The van der Waals surface area contributed by atoms with Gasteiger partial charge in [0.25, 0.3) is 5.69 Å². The molecule has 3 rings (SSSR count). The summed E-state index contributed by atoms with van der Waals surface area (Å²) < 4.78 is 33.2. The number of para-hydroxylation sites is 1. The molecule has 0 unspecified atom stereocenters. The number of nitrogens with zero attached hydrogens (tertiary/aromatic N) is 2. The Bertz CT molecular complexity index is 971. The van der Waals surface area contributed by atoms with Gasteiger partial charge in [-0.15, -0.1) is 0 Å². The molecular formula is C20H23N3O6S. The van der Waals surface area contributed by atoms with Crippen LogP contribution in [-0.4, -0.2) is 49.9 Å². The zero-order chi connectivity index (χ0) is 21.6. The summed E-state index contributed by atoms with van der Waals surface area (Å²) in [6.45, 7) is 1.20. The number of rotatable bonds is 8. The third kappa shape index (κ3) is 5.77. The van der Waals surface area contributed by atoms with Crippen LogP contribution in [0.1, 0.15) is 19.3 Å². The van der Waals surface area contributed by atoms with Crippen molar-refractivity contribution in [3.63, 3.8) is 0 Å². The van der Waals surface area contributed by atoms with E-state index in [-0.39, 0.29) is 35.6 Å². The number of carbonyl (C=O) groups is 1. The van der Waals surface area contributed by atoms with E-state index in [0.29, 0.717) is 31.7 Å². The minimum absolute atomic E-state index is 0.0235. The molecule has 9 nitrogen and oxygen atoms in total. The lowest BCUT2D eigenvalue weighted by molar-refractivity contribution is -0.384. The van der Waals surface area contributed by atoms with E-state index < -0.39 is 14.9 Å². The Kier molecular flexibility index (Phi) is 7.01. The maximum Gasteiger partial charge on any atom is 0.269 e. The molecular weight excluding hydrogens is 410 g/mol. The van der Waals surface area contributed by atoms with Gasteiger partial charge in [0.15, 0.2) is 0 Å². The van der Waals surface area contributed by atoms with E-state index in [2.05, 4.69) is 4.72 Å². The Balaban J connectivity index is 1.45. The molecule has 2 aromatic rings. The molecule has 1 N–H and O–H groups in total. The minimum Gasteiger partial charge on any atom is -0.493 e. The minimum atomic E-state index is -3.78. The first-order chi connectivity index (χ1) is 14.3. The van der Waals surface area contributed by atoms with E-state index >= 15 is 0 Å². The number of nitrogens with one attached hydrogen (secondary N) is 1. The van der Waals surface area contributed by atoms with Crippen LogP contribution in [0, 0.1) is 10.1 Å². The molecule has 1 aliphatic heterocycles. The Morgan fingerprint density at radius 1 is 1.10 bits per heavy atom. The number of sulfonamides is 1. The average Bonchev–Trinajstić information content (AvgIpc) is 2.75. The number of non-ortho nitro benzene ring substituents is 1. The molecule has 0 atom stereocenters. The molecule has 1 amide bonds. The number of hydrogen-bond donors (Lipinski definition) is 1. The second-order valence-corrected chi connectivity index (χ2v) is 8.65. The van der Waals surface area contributed by atoms with Crippen molar-refractivity contribution >= 4 is 21.6 Å². The van der Waals surface area contributed by atoms with E-state index in [1.54, 1.807) is 4.90 Å². The first-order valence-corrected chi connectivity index (χ1v) is 11.1. The standard InChI is InChI=1S/C20H23N3O6S/c24-20(12-15-29-18-4-2-1-3-5-18)22-13-10-16(11-14-22)21-30(27,28)19-8-6-17(7-9-19)23(25)26/h1-9,16,21H,10-15H2. The fourth-order valence-electron chi connectivity index (χ4n) is 3.21. The first kappa shape index (κ1) is 21.7. The van der Waals surface area contributed by atoms with Crippen LogP contribution in [0.25, 0.3) is 0 Å². The van der Waals surface area contributed by atoms with Crippen LogP contribution >= 0.6 is 0 Å². The SMILES string of the molecule is O=C(CCOc1ccccc1)N1CCC(NS(=O)(=O)c2ccc([N+](=O)[O-])cc2)CC1. The molecule has 10 heteroatoms. The largest absolute Gasteiger partial charge is 0.493 e. The van der Waals surface area contributed by atoms with Crippen molar-refractivity contribution in [1.82, 2.24) is 9.62 Å². The van der Waals surface area contributed by atoms with Gasteiger partial charge in [0.1, 0.15) is 5.75 Å². The highest BCUT2D eigenvalue weighted by Gasteiger charge is 2.27. The van der Waals surface area contributed by atoms with Crippen molar-refractivity contribution in [3.05, 3.63) is 64.7 Å². The lowest BCUT2D eigenvalue weighted by Gasteiger charge is -2.32. The van der Waals surface area contributed by atoms with E-state index in [0.717, 1.165) is 12.1 Å². The zero-order valence-corrected chi connectivity index (χ0v) is 17.1. The smallest absolute Gasteiger partial charge is 0.269 e. The van der Waals surface area contributed by atoms with Crippen molar-refractivity contribution in [1.29, 1.82) is 0 Å². The van der Waals surface area contributed by atoms with E-state index in [4.69, 9.17) is 4.74 Å². The van der Waals surface area contributed by atoms with E-state index in [1.807, 2.05) is 30.3 Å². The zero-order valence-electron chi connectivity index (χ0n) is 16.3. The lowest BCUT2D eigenvalue weighted by Crippen LogP contribution is -2.46. The summed E-state index contributed by atoms with van der Waals surface area (Å²) in [5, 5.41) is 10.7. The van der Waals surface area contributed by atoms with Gasteiger partial charge in [0.2, 0.25) is 15.9 Å². The van der Waals surface area contributed by atoms with Gasteiger partial charge in [-0.1, -0.05) is 18.2 Å². The monoisotopic (exact) mass is 433 g/mol. The molecule has 0 saturated carbocycles.